The highest BCUT2D eigenvalue weighted by Gasteiger charge is 2.24. The minimum Gasteiger partial charge on any atom is -0.478 e. The molecule has 0 aromatic carbocycles. The lowest BCUT2D eigenvalue weighted by atomic mass is 10.0. The first kappa shape index (κ1) is 14.1. The third-order valence-electron chi connectivity index (χ3n) is 3.40. The van der Waals surface area contributed by atoms with Crippen LogP contribution in [0.15, 0.2) is 12.3 Å². The van der Waals surface area contributed by atoms with Gasteiger partial charge in [0.15, 0.2) is 0 Å². The molecule has 5 nitrogen and oxygen atoms in total. The van der Waals surface area contributed by atoms with E-state index in [1.165, 1.54) is 19.3 Å². The Morgan fingerprint density at radius 2 is 2.37 bits per heavy atom. The van der Waals surface area contributed by atoms with E-state index in [0.29, 0.717) is 18.5 Å². The zero-order valence-electron chi connectivity index (χ0n) is 11.9. The number of piperidine rings is 1. The highest BCUT2D eigenvalue weighted by Crippen LogP contribution is 2.22. The van der Waals surface area contributed by atoms with Gasteiger partial charge >= 0.3 is 0 Å². The fourth-order valence-electron chi connectivity index (χ4n) is 2.47. The molecule has 1 saturated heterocycles. The Morgan fingerprint density at radius 3 is 3.16 bits per heavy atom. The Kier molecular flexibility index (Phi) is 5.39. The van der Waals surface area contributed by atoms with Crippen LogP contribution in [0.3, 0.4) is 0 Å². The highest BCUT2D eigenvalue weighted by molar-refractivity contribution is 5.34. The number of nitrogens with zero attached hydrogens (tertiary/aromatic N) is 3. The Hall–Kier alpha value is -1.36. The second kappa shape index (κ2) is 7.28. The molecule has 19 heavy (non-hydrogen) atoms. The van der Waals surface area contributed by atoms with Crippen molar-refractivity contribution < 1.29 is 4.74 Å². The van der Waals surface area contributed by atoms with Gasteiger partial charge in [0.2, 0.25) is 11.8 Å². The first-order chi connectivity index (χ1) is 9.35. The van der Waals surface area contributed by atoms with E-state index in [9.17, 15) is 0 Å². The molecule has 0 radical (unpaired) electrons. The van der Waals surface area contributed by atoms with Gasteiger partial charge in [0, 0.05) is 31.4 Å². The maximum atomic E-state index is 5.59. The minimum atomic E-state index is 0.486. The van der Waals surface area contributed by atoms with Crippen LogP contribution in [-0.2, 0) is 0 Å². The van der Waals surface area contributed by atoms with Crippen molar-refractivity contribution in [1.82, 2.24) is 15.3 Å². The molecule has 1 aliphatic heterocycles. The summed E-state index contributed by atoms with van der Waals surface area (Å²) in [4.78, 5) is 11.2. The molecule has 1 unspecified atom stereocenters. The molecule has 0 bridgehead atoms. The third kappa shape index (κ3) is 3.80. The average molecular weight is 264 g/mol. The van der Waals surface area contributed by atoms with Gasteiger partial charge in [-0.25, -0.2) is 4.98 Å². The molecule has 1 aliphatic rings. The molecule has 5 heteroatoms. The van der Waals surface area contributed by atoms with Crippen LogP contribution >= 0.6 is 0 Å². The van der Waals surface area contributed by atoms with Gasteiger partial charge in [-0.15, -0.1) is 0 Å². The van der Waals surface area contributed by atoms with E-state index in [1.807, 2.05) is 13.1 Å². The summed E-state index contributed by atoms with van der Waals surface area (Å²) in [5, 5.41) is 3.26. The Balaban J connectivity index is 2.09. The smallest absolute Gasteiger partial charge is 0.228 e. The van der Waals surface area contributed by atoms with Gasteiger partial charge in [0.25, 0.3) is 0 Å². The summed E-state index contributed by atoms with van der Waals surface area (Å²) in [5.41, 5.74) is 0. The zero-order valence-corrected chi connectivity index (χ0v) is 11.9. The van der Waals surface area contributed by atoms with Crippen molar-refractivity contribution in [3.63, 3.8) is 0 Å². The Bertz CT molecular complexity index is 383. The average Bonchev–Trinajstić information content (AvgIpc) is 2.46. The van der Waals surface area contributed by atoms with Crippen LogP contribution in [0.2, 0.25) is 0 Å². The summed E-state index contributed by atoms with van der Waals surface area (Å²) in [5.74, 6) is 1.48. The van der Waals surface area contributed by atoms with Crippen LogP contribution in [0, 0.1) is 0 Å². The number of hydrogen-bond donors (Lipinski definition) is 1. The molecule has 1 fully saturated rings. The van der Waals surface area contributed by atoms with Gasteiger partial charge in [-0.3, -0.25) is 0 Å². The third-order valence-corrected chi connectivity index (χ3v) is 3.40. The van der Waals surface area contributed by atoms with Gasteiger partial charge in [-0.1, -0.05) is 6.92 Å². The van der Waals surface area contributed by atoms with Crippen LogP contribution in [0.4, 0.5) is 5.95 Å². The van der Waals surface area contributed by atoms with E-state index in [1.54, 1.807) is 6.20 Å². The molecular formula is C14H24N4O. The van der Waals surface area contributed by atoms with Crippen molar-refractivity contribution in [2.24, 2.45) is 0 Å². The normalized spacial score (nSPS) is 19.5. The molecule has 0 aliphatic carbocycles. The van der Waals surface area contributed by atoms with Gasteiger partial charge < -0.3 is 15.0 Å². The molecule has 106 valence electrons. The van der Waals surface area contributed by atoms with Gasteiger partial charge in [0.1, 0.15) is 0 Å². The van der Waals surface area contributed by atoms with Crippen LogP contribution in [0.25, 0.3) is 0 Å². The summed E-state index contributed by atoms with van der Waals surface area (Å²) in [6.07, 6.45) is 6.48. The minimum absolute atomic E-state index is 0.486. The van der Waals surface area contributed by atoms with Crippen molar-refractivity contribution >= 4 is 5.95 Å². The highest BCUT2D eigenvalue weighted by atomic mass is 16.5. The van der Waals surface area contributed by atoms with E-state index in [0.717, 1.165) is 25.5 Å². The molecular weight excluding hydrogens is 240 g/mol. The van der Waals surface area contributed by atoms with E-state index >= 15 is 0 Å². The van der Waals surface area contributed by atoms with E-state index < -0.39 is 0 Å². The van der Waals surface area contributed by atoms with E-state index in [4.69, 9.17) is 4.74 Å². The summed E-state index contributed by atoms with van der Waals surface area (Å²) in [7, 11) is 1.99. The molecule has 1 aromatic rings. The predicted molar refractivity (Wildman–Crippen MR) is 76.7 cm³/mol. The molecule has 1 aromatic heterocycles. The second-order valence-corrected chi connectivity index (χ2v) is 4.94. The molecule has 2 heterocycles. The van der Waals surface area contributed by atoms with Crippen molar-refractivity contribution in [3.05, 3.63) is 12.3 Å². The number of anilines is 1. The fourth-order valence-corrected chi connectivity index (χ4v) is 2.47. The number of likely N-dealkylation sites (N-methyl/N-ethyl adjacent to an activating group) is 1. The first-order valence-electron chi connectivity index (χ1n) is 7.22. The maximum absolute atomic E-state index is 5.59. The monoisotopic (exact) mass is 264 g/mol. The van der Waals surface area contributed by atoms with Crippen LogP contribution < -0.4 is 15.0 Å². The largest absolute Gasteiger partial charge is 0.478 e. The molecule has 0 saturated carbocycles. The fraction of sp³-hybridized carbons (Fsp3) is 0.714. The van der Waals surface area contributed by atoms with Crippen LogP contribution in [0.5, 0.6) is 5.88 Å². The molecule has 1 atom stereocenters. The van der Waals surface area contributed by atoms with E-state index in [2.05, 4.69) is 27.1 Å². The molecule has 1 N–H and O–H groups in total. The van der Waals surface area contributed by atoms with Crippen molar-refractivity contribution in [2.75, 3.05) is 31.6 Å². The van der Waals surface area contributed by atoms with Crippen molar-refractivity contribution in [2.45, 2.75) is 38.6 Å². The van der Waals surface area contributed by atoms with Crippen molar-refractivity contribution in [3.8, 4) is 5.88 Å². The number of nitrogens with one attached hydrogen (secondary N) is 1. The van der Waals surface area contributed by atoms with Crippen LogP contribution in [-0.4, -0.2) is 42.8 Å². The zero-order chi connectivity index (χ0) is 13.5. The topological polar surface area (TPSA) is 50.3 Å². The number of hydrogen-bond acceptors (Lipinski definition) is 5. The summed E-state index contributed by atoms with van der Waals surface area (Å²) in [6, 6.07) is 2.32. The molecule has 2 rings (SSSR count). The lowest BCUT2D eigenvalue weighted by molar-refractivity contribution is 0.304. The Labute approximate surface area is 115 Å². The second-order valence-electron chi connectivity index (χ2n) is 4.94. The SMILES string of the molecule is CCCOc1ccnc(N2CCCCC2CNC)n1. The maximum Gasteiger partial charge on any atom is 0.228 e. The number of rotatable bonds is 6. The van der Waals surface area contributed by atoms with Gasteiger partial charge in [0.05, 0.1) is 6.61 Å². The summed E-state index contributed by atoms with van der Waals surface area (Å²) >= 11 is 0. The molecule has 0 spiro atoms. The first-order valence-corrected chi connectivity index (χ1v) is 7.22. The molecule has 0 amide bonds. The number of aromatic nitrogens is 2. The number of ether oxygens (including phenoxy) is 1. The van der Waals surface area contributed by atoms with Crippen LogP contribution in [0.1, 0.15) is 32.6 Å². The quantitative estimate of drug-likeness (QED) is 0.849. The standard InChI is InChI=1S/C14H24N4O/c1-3-10-19-13-7-8-16-14(17-13)18-9-5-4-6-12(18)11-15-2/h7-8,12,15H,3-6,9-11H2,1-2H3. The Morgan fingerprint density at radius 1 is 1.47 bits per heavy atom. The predicted octanol–water partition coefficient (Wildman–Crippen LogP) is 1.84. The lowest BCUT2D eigenvalue weighted by Crippen LogP contribution is -2.45. The van der Waals surface area contributed by atoms with Crippen molar-refractivity contribution in [1.29, 1.82) is 0 Å². The summed E-state index contributed by atoms with van der Waals surface area (Å²) < 4.78 is 5.59. The van der Waals surface area contributed by atoms with E-state index in [-0.39, 0.29) is 0 Å². The van der Waals surface area contributed by atoms with Gasteiger partial charge in [-0.05, 0) is 32.7 Å². The van der Waals surface area contributed by atoms with Gasteiger partial charge in [-0.2, -0.15) is 4.98 Å². The lowest BCUT2D eigenvalue weighted by Gasteiger charge is -2.35. The summed E-state index contributed by atoms with van der Waals surface area (Å²) in [6.45, 7) is 4.80.